The van der Waals surface area contributed by atoms with E-state index >= 15 is 0 Å². The lowest BCUT2D eigenvalue weighted by molar-refractivity contribution is -0.750. The summed E-state index contributed by atoms with van der Waals surface area (Å²) in [6.45, 7) is 7.30. The summed E-state index contributed by atoms with van der Waals surface area (Å²) in [5.74, 6) is 0. The molecule has 0 radical (unpaired) electrons. The van der Waals surface area contributed by atoms with E-state index in [0.29, 0.717) is 0 Å². The predicted octanol–water partition coefficient (Wildman–Crippen LogP) is 4.49. The molecule has 24 heavy (non-hydrogen) atoms. The van der Waals surface area contributed by atoms with Gasteiger partial charge in [0, 0.05) is 5.41 Å². The third-order valence-electron chi connectivity index (χ3n) is 7.24. The van der Waals surface area contributed by atoms with Crippen LogP contribution in [0.1, 0.15) is 38.3 Å². The maximum Gasteiger partial charge on any atom is 0.294 e. The topological polar surface area (TPSA) is 8.29 Å². The van der Waals surface area contributed by atoms with Gasteiger partial charge in [-0.3, -0.25) is 0 Å². The van der Waals surface area contributed by atoms with Crippen molar-refractivity contribution in [2.75, 3.05) is 0 Å². The number of benzene rings is 2. The smallest absolute Gasteiger partial charge is 0.224 e. The average molecular weight is 313 g/mol. The van der Waals surface area contributed by atoms with E-state index in [0.717, 1.165) is 12.8 Å². The minimum atomic E-state index is 0.0753. The second-order valence-corrected chi connectivity index (χ2v) is 8.12. The summed E-state index contributed by atoms with van der Waals surface area (Å²) in [7, 11) is 0. The Balaban J connectivity index is 2.03. The molecule has 2 aromatic carbocycles. The predicted molar refractivity (Wildman–Crippen MR) is 97.6 cm³/mol. The van der Waals surface area contributed by atoms with Crippen molar-refractivity contribution in [1.82, 2.24) is 4.40 Å². The molecular formula is C22H21N2+. The molecule has 0 saturated heterocycles. The van der Waals surface area contributed by atoms with E-state index in [1.54, 1.807) is 5.56 Å². The second-order valence-electron chi connectivity index (χ2n) is 8.12. The summed E-state index contributed by atoms with van der Waals surface area (Å²) >= 11 is 0. The molecule has 118 valence electrons. The molecule has 4 aromatic rings. The second kappa shape index (κ2) is 3.66. The third-order valence-corrected chi connectivity index (χ3v) is 7.24. The Morgan fingerprint density at radius 2 is 1.96 bits per heavy atom. The minimum absolute atomic E-state index is 0.0753. The molecule has 3 aliphatic rings. The number of hydrogen-bond acceptors (Lipinski definition) is 0. The van der Waals surface area contributed by atoms with Gasteiger partial charge in [-0.2, -0.15) is 0 Å². The monoisotopic (exact) mass is 313 g/mol. The van der Waals surface area contributed by atoms with Crippen molar-refractivity contribution in [1.29, 1.82) is 0 Å². The molecule has 0 N–H and O–H groups in total. The number of imidazole rings is 1. The first-order valence-electron chi connectivity index (χ1n) is 8.98. The van der Waals surface area contributed by atoms with Crippen molar-refractivity contribution in [2.24, 2.45) is 0 Å². The molecule has 7 rings (SSSR count). The number of hydrogen-bond donors (Lipinski definition) is 0. The lowest BCUT2D eigenvalue weighted by Gasteiger charge is -2.46. The lowest BCUT2D eigenvalue weighted by Crippen LogP contribution is -2.66. The molecule has 2 unspecified atom stereocenters. The number of pyridine rings is 1. The quantitative estimate of drug-likeness (QED) is 0.361. The van der Waals surface area contributed by atoms with Crippen LogP contribution in [0.15, 0.2) is 48.9 Å². The molecule has 2 atom stereocenters. The molecule has 4 bridgehead atoms. The Labute approximate surface area is 141 Å². The fraction of sp³-hybridized carbons (Fsp3) is 0.318. The highest BCUT2D eigenvalue weighted by Gasteiger charge is 2.55. The number of fused-ring (bicyclic) bond motifs is 1. The van der Waals surface area contributed by atoms with Crippen LogP contribution in [0.25, 0.3) is 27.2 Å². The van der Waals surface area contributed by atoms with Gasteiger partial charge in [0.15, 0.2) is 0 Å². The Bertz CT molecular complexity index is 1200. The van der Waals surface area contributed by atoms with Gasteiger partial charge >= 0.3 is 0 Å². The fourth-order valence-electron chi connectivity index (χ4n) is 5.65. The van der Waals surface area contributed by atoms with Gasteiger partial charge < -0.3 is 0 Å². The number of nitrogens with zero attached hydrogens (tertiary/aromatic N) is 2. The van der Waals surface area contributed by atoms with Gasteiger partial charge in [0.25, 0.3) is 5.65 Å². The van der Waals surface area contributed by atoms with Crippen LogP contribution in [0.4, 0.5) is 0 Å². The molecule has 2 aliphatic carbocycles. The van der Waals surface area contributed by atoms with Crippen molar-refractivity contribution in [2.45, 2.75) is 44.6 Å². The van der Waals surface area contributed by atoms with Gasteiger partial charge in [0.2, 0.25) is 0 Å². The maximum absolute atomic E-state index is 2.56. The minimum Gasteiger partial charge on any atom is -0.224 e. The fourth-order valence-corrected chi connectivity index (χ4v) is 5.65. The van der Waals surface area contributed by atoms with Gasteiger partial charge in [0.05, 0.1) is 11.6 Å². The van der Waals surface area contributed by atoms with Crippen molar-refractivity contribution in [3.8, 4) is 0 Å². The molecule has 3 heterocycles. The van der Waals surface area contributed by atoms with Crippen LogP contribution in [-0.4, -0.2) is 4.40 Å². The molecular weight excluding hydrogens is 292 g/mol. The van der Waals surface area contributed by atoms with Crippen LogP contribution < -0.4 is 4.57 Å². The van der Waals surface area contributed by atoms with E-state index in [1.165, 1.54) is 32.8 Å². The highest BCUT2D eigenvalue weighted by molar-refractivity contribution is 6.09. The SMILES string of the molecule is CCC1(C)[n+]2ccn3ccc4cc5cc6ccc5c(c4c32)C1(C)C6. The highest BCUT2D eigenvalue weighted by Crippen LogP contribution is 2.53. The number of rotatable bonds is 1. The van der Waals surface area contributed by atoms with Crippen LogP contribution in [0.5, 0.6) is 0 Å². The summed E-state index contributed by atoms with van der Waals surface area (Å²) in [6, 6.07) is 11.8. The maximum atomic E-state index is 2.56. The van der Waals surface area contributed by atoms with Crippen LogP contribution in [0.2, 0.25) is 0 Å². The standard InChI is InChI=1S/C22H21N2/c1-4-22(3)21(2)13-14-5-6-17-16(11-14)12-15-7-8-23-9-10-24(22)20(23)18(15)19(17)21/h5-12H,4,13H2,1-3H3/q+1. The first kappa shape index (κ1) is 13.0. The van der Waals surface area contributed by atoms with Crippen molar-refractivity contribution in [3.05, 3.63) is 60.0 Å². The zero-order valence-electron chi connectivity index (χ0n) is 14.4. The van der Waals surface area contributed by atoms with Crippen molar-refractivity contribution < 1.29 is 4.57 Å². The van der Waals surface area contributed by atoms with Crippen molar-refractivity contribution >= 4 is 27.2 Å². The molecule has 0 saturated carbocycles. The summed E-state index contributed by atoms with van der Waals surface area (Å²) in [6.07, 6.45) is 8.96. The third kappa shape index (κ3) is 1.13. The lowest BCUT2D eigenvalue weighted by atomic mass is 9.61. The Morgan fingerprint density at radius 1 is 1.08 bits per heavy atom. The zero-order valence-corrected chi connectivity index (χ0v) is 14.4. The molecule has 0 amide bonds. The summed E-state index contributed by atoms with van der Waals surface area (Å²) in [4.78, 5) is 0. The average Bonchev–Trinajstić information content (AvgIpc) is 2.93. The Morgan fingerprint density at radius 3 is 2.79 bits per heavy atom. The van der Waals surface area contributed by atoms with E-state index in [-0.39, 0.29) is 11.0 Å². The van der Waals surface area contributed by atoms with Crippen LogP contribution in [0, 0.1) is 0 Å². The van der Waals surface area contributed by atoms with Gasteiger partial charge in [-0.15, -0.1) is 0 Å². The Hall–Kier alpha value is -2.35. The van der Waals surface area contributed by atoms with Crippen LogP contribution >= 0.6 is 0 Å². The van der Waals surface area contributed by atoms with Gasteiger partial charge in [-0.25, -0.2) is 8.97 Å². The van der Waals surface area contributed by atoms with E-state index in [4.69, 9.17) is 0 Å². The molecule has 2 heteroatoms. The van der Waals surface area contributed by atoms with E-state index in [9.17, 15) is 0 Å². The van der Waals surface area contributed by atoms with Gasteiger partial charge in [0.1, 0.15) is 17.9 Å². The summed E-state index contributed by atoms with van der Waals surface area (Å²) < 4.78 is 4.86. The summed E-state index contributed by atoms with van der Waals surface area (Å²) in [5.41, 5.74) is 4.58. The van der Waals surface area contributed by atoms with Crippen LogP contribution in [0.3, 0.4) is 0 Å². The van der Waals surface area contributed by atoms with Gasteiger partial charge in [-0.1, -0.05) is 32.0 Å². The normalized spacial score (nSPS) is 27.3. The molecule has 0 fully saturated rings. The molecule has 2 nitrogen and oxygen atoms in total. The summed E-state index contributed by atoms with van der Waals surface area (Å²) in [5, 5.41) is 5.68. The molecule has 0 spiro atoms. The van der Waals surface area contributed by atoms with Crippen LogP contribution in [-0.2, 0) is 17.4 Å². The first-order chi connectivity index (χ1) is 11.6. The van der Waals surface area contributed by atoms with Crippen molar-refractivity contribution in [3.63, 3.8) is 0 Å². The largest absolute Gasteiger partial charge is 0.294 e. The highest BCUT2D eigenvalue weighted by atomic mass is 15.2. The van der Waals surface area contributed by atoms with E-state index in [2.05, 4.69) is 78.7 Å². The molecule has 2 aromatic heterocycles. The van der Waals surface area contributed by atoms with E-state index < -0.39 is 0 Å². The first-order valence-corrected chi connectivity index (χ1v) is 8.98. The van der Waals surface area contributed by atoms with E-state index in [1.807, 2.05) is 0 Å². The number of aromatic nitrogens is 2. The Kier molecular flexibility index (Phi) is 1.98. The van der Waals surface area contributed by atoms with Gasteiger partial charge in [-0.05, 0) is 59.2 Å². The molecule has 1 aliphatic heterocycles. The zero-order chi connectivity index (χ0) is 16.3.